The summed E-state index contributed by atoms with van der Waals surface area (Å²) in [6, 6.07) is 10.6. The van der Waals surface area contributed by atoms with Gasteiger partial charge < -0.3 is 10.4 Å². The monoisotopic (exact) mass is 270 g/mol. The summed E-state index contributed by atoms with van der Waals surface area (Å²) in [7, 11) is 0. The summed E-state index contributed by atoms with van der Waals surface area (Å²) in [5.74, 6) is 0.121. The first-order valence-electron chi connectivity index (χ1n) is 6.66. The van der Waals surface area contributed by atoms with Gasteiger partial charge in [-0.2, -0.15) is 0 Å². The van der Waals surface area contributed by atoms with Gasteiger partial charge in [0.2, 0.25) is 5.91 Å². The Bertz CT molecular complexity index is 570. The molecule has 0 fully saturated rings. The molecule has 0 aliphatic carbocycles. The number of aromatic hydroxyl groups is 1. The molecule has 0 radical (unpaired) electrons. The number of hydrogen-bond acceptors (Lipinski definition) is 3. The Labute approximate surface area is 118 Å². The summed E-state index contributed by atoms with van der Waals surface area (Å²) in [6.07, 6.45) is 4.52. The molecule has 1 aromatic heterocycles. The van der Waals surface area contributed by atoms with Crippen LogP contribution in [-0.4, -0.2) is 16.0 Å². The van der Waals surface area contributed by atoms with Crippen molar-refractivity contribution in [2.75, 3.05) is 0 Å². The molecular weight excluding hydrogens is 252 g/mol. The van der Waals surface area contributed by atoms with E-state index in [2.05, 4.69) is 10.3 Å². The molecule has 0 saturated heterocycles. The van der Waals surface area contributed by atoms with E-state index in [1.807, 2.05) is 25.1 Å². The van der Waals surface area contributed by atoms with Crippen LogP contribution in [0.5, 0.6) is 5.75 Å². The van der Waals surface area contributed by atoms with Gasteiger partial charge in [-0.3, -0.25) is 9.78 Å². The Morgan fingerprint density at radius 1 is 1.30 bits per heavy atom. The topological polar surface area (TPSA) is 62.2 Å². The van der Waals surface area contributed by atoms with Crippen LogP contribution in [-0.2, 0) is 11.2 Å². The summed E-state index contributed by atoms with van der Waals surface area (Å²) in [5.41, 5.74) is 1.85. The maximum Gasteiger partial charge on any atom is 0.224 e. The largest absolute Gasteiger partial charge is 0.508 e. The van der Waals surface area contributed by atoms with E-state index in [0.29, 0.717) is 0 Å². The molecule has 2 aromatic rings. The van der Waals surface area contributed by atoms with Crippen LogP contribution in [0, 0.1) is 0 Å². The number of nitrogens with one attached hydrogen (secondary N) is 1. The normalized spacial score (nSPS) is 11.8. The van der Waals surface area contributed by atoms with Crippen LogP contribution >= 0.6 is 0 Å². The van der Waals surface area contributed by atoms with E-state index in [1.165, 1.54) is 0 Å². The van der Waals surface area contributed by atoms with E-state index in [1.54, 1.807) is 30.6 Å². The first-order chi connectivity index (χ1) is 9.69. The van der Waals surface area contributed by atoms with Crippen LogP contribution in [0.3, 0.4) is 0 Å². The second kappa shape index (κ2) is 6.70. The van der Waals surface area contributed by atoms with E-state index in [4.69, 9.17) is 0 Å². The van der Waals surface area contributed by atoms with Crippen LogP contribution < -0.4 is 5.32 Å². The van der Waals surface area contributed by atoms with Crippen molar-refractivity contribution in [2.24, 2.45) is 0 Å². The molecule has 104 valence electrons. The lowest BCUT2D eigenvalue weighted by atomic mass is 10.1. The number of phenolic OH excluding ortho intramolecular Hbond substituents is 1. The maximum absolute atomic E-state index is 12.1. The predicted octanol–water partition coefficient (Wildman–Crippen LogP) is 2.60. The number of aromatic nitrogens is 1. The minimum atomic E-state index is -0.0562. The molecule has 4 heteroatoms. The first-order valence-corrected chi connectivity index (χ1v) is 6.66. The first kappa shape index (κ1) is 14.1. The third-order valence-electron chi connectivity index (χ3n) is 3.13. The number of phenols is 1. The minimum absolute atomic E-state index is 0.0113. The van der Waals surface area contributed by atoms with Gasteiger partial charge in [0.1, 0.15) is 5.75 Å². The van der Waals surface area contributed by atoms with Crippen LogP contribution in [0.4, 0.5) is 0 Å². The summed E-state index contributed by atoms with van der Waals surface area (Å²) in [6.45, 7) is 2.03. The number of amides is 1. The van der Waals surface area contributed by atoms with Gasteiger partial charge >= 0.3 is 0 Å². The lowest BCUT2D eigenvalue weighted by molar-refractivity contribution is -0.121. The average molecular weight is 270 g/mol. The van der Waals surface area contributed by atoms with E-state index in [-0.39, 0.29) is 24.1 Å². The number of carbonyl (C=O) groups excluding carboxylic acids is 1. The molecule has 20 heavy (non-hydrogen) atoms. The number of pyridine rings is 1. The summed E-state index contributed by atoms with van der Waals surface area (Å²) in [5, 5.41) is 12.4. The second-order valence-corrected chi connectivity index (χ2v) is 4.66. The quantitative estimate of drug-likeness (QED) is 0.877. The molecule has 0 bridgehead atoms. The van der Waals surface area contributed by atoms with Crippen molar-refractivity contribution in [3.05, 3.63) is 59.9 Å². The molecule has 0 aliphatic heterocycles. The highest BCUT2D eigenvalue weighted by molar-refractivity contribution is 5.79. The number of benzene rings is 1. The van der Waals surface area contributed by atoms with Gasteiger partial charge in [0.05, 0.1) is 12.5 Å². The molecule has 1 atom stereocenters. The summed E-state index contributed by atoms with van der Waals surface area (Å²) >= 11 is 0. The SMILES string of the molecule is CC[C@@H](NC(=O)Cc1cccc(O)c1)c1ccncc1. The predicted molar refractivity (Wildman–Crippen MR) is 77.2 cm³/mol. The fourth-order valence-corrected chi connectivity index (χ4v) is 2.11. The van der Waals surface area contributed by atoms with Gasteiger partial charge in [0, 0.05) is 12.4 Å². The van der Waals surface area contributed by atoms with Crippen molar-refractivity contribution >= 4 is 5.91 Å². The Morgan fingerprint density at radius 3 is 2.70 bits per heavy atom. The Kier molecular flexibility index (Phi) is 4.71. The fraction of sp³-hybridized carbons (Fsp3) is 0.250. The van der Waals surface area contributed by atoms with Crippen molar-refractivity contribution in [2.45, 2.75) is 25.8 Å². The van der Waals surface area contributed by atoms with Crippen molar-refractivity contribution in [3.63, 3.8) is 0 Å². The number of carbonyl (C=O) groups is 1. The molecule has 0 unspecified atom stereocenters. The fourth-order valence-electron chi connectivity index (χ4n) is 2.11. The summed E-state index contributed by atoms with van der Waals surface area (Å²) in [4.78, 5) is 16.0. The van der Waals surface area contributed by atoms with E-state index >= 15 is 0 Å². The van der Waals surface area contributed by atoms with Crippen LogP contribution in [0.1, 0.15) is 30.5 Å². The molecule has 0 saturated carbocycles. The van der Waals surface area contributed by atoms with E-state index < -0.39 is 0 Å². The zero-order valence-electron chi connectivity index (χ0n) is 11.4. The summed E-state index contributed by atoms with van der Waals surface area (Å²) < 4.78 is 0. The van der Waals surface area contributed by atoms with Crippen molar-refractivity contribution in [3.8, 4) is 5.75 Å². The molecule has 1 heterocycles. The Morgan fingerprint density at radius 2 is 2.05 bits per heavy atom. The molecule has 1 aromatic carbocycles. The van der Waals surface area contributed by atoms with Crippen molar-refractivity contribution in [1.82, 2.24) is 10.3 Å². The third-order valence-corrected chi connectivity index (χ3v) is 3.13. The average Bonchev–Trinajstić information content (AvgIpc) is 2.45. The zero-order valence-corrected chi connectivity index (χ0v) is 11.4. The molecule has 0 spiro atoms. The maximum atomic E-state index is 12.1. The zero-order chi connectivity index (χ0) is 14.4. The minimum Gasteiger partial charge on any atom is -0.508 e. The second-order valence-electron chi connectivity index (χ2n) is 4.66. The number of hydrogen-bond donors (Lipinski definition) is 2. The molecule has 2 N–H and O–H groups in total. The lowest BCUT2D eigenvalue weighted by Gasteiger charge is -2.17. The smallest absolute Gasteiger partial charge is 0.224 e. The van der Waals surface area contributed by atoms with Crippen LogP contribution in [0.15, 0.2) is 48.8 Å². The number of rotatable bonds is 5. The van der Waals surface area contributed by atoms with Crippen LogP contribution in [0.25, 0.3) is 0 Å². The van der Waals surface area contributed by atoms with E-state index in [9.17, 15) is 9.90 Å². The Balaban J connectivity index is 2.00. The van der Waals surface area contributed by atoms with Gasteiger partial charge in [-0.1, -0.05) is 19.1 Å². The lowest BCUT2D eigenvalue weighted by Crippen LogP contribution is -2.29. The third kappa shape index (κ3) is 3.82. The highest BCUT2D eigenvalue weighted by atomic mass is 16.3. The standard InChI is InChI=1S/C16H18N2O2/c1-2-15(13-6-8-17-9-7-13)18-16(20)11-12-4-3-5-14(19)10-12/h3-10,15,19H,2,11H2,1H3,(H,18,20)/t15-/m1/s1. The van der Waals surface area contributed by atoms with E-state index in [0.717, 1.165) is 17.5 Å². The van der Waals surface area contributed by atoms with Gasteiger partial charge in [0.15, 0.2) is 0 Å². The van der Waals surface area contributed by atoms with Gasteiger partial charge in [0.25, 0.3) is 0 Å². The highest BCUT2D eigenvalue weighted by Gasteiger charge is 2.12. The molecule has 4 nitrogen and oxygen atoms in total. The van der Waals surface area contributed by atoms with Crippen LogP contribution in [0.2, 0.25) is 0 Å². The van der Waals surface area contributed by atoms with Gasteiger partial charge in [-0.05, 0) is 41.8 Å². The molecule has 2 rings (SSSR count). The number of nitrogens with zero attached hydrogens (tertiary/aromatic N) is 1. The van der Waals surface area contributed by atoms with Crippen molar-refractivity contribution < 1.29 is 9.90 Å². The highest BCUT2D eigenvalue weighted by Crippen LogP contribution is 2.16. The molecule has 0 aliphatic rings. The molecular formula is C16H18N2O2. The van der Waals surface area contributed by atoms with Gasteiger partial charge in [-0.15, -0.1) is 0 Å². The van der Waals surface area contributed by atoms with Crippen molar-refractivity contribution in [1.29, 1.82) is 0 Å². The molecule has 1 amide bonds. The van der Waals surface area contributed by atoms with Gasteiger partial charge in [-0.25, -0.2) is 0 Å². The Hall–Kier alpha value is -2.36.